The van der Waals surface area contributed by atoms with Crippen molar-refractivity contribution in [2.45, 2.75) is 96.3 Å². The van der Waals surface area contributed by atoms with Gasteiger partial charge in [0.25, 0.3) is 0 Å². The van der Waals surface area contributed by atoms with Crippen molar-refractivity contribution in [1.82, 2.24) is 15.0 Å². The van der Waals surface area contributed by atoms with Gasteiger partial charge in [0.1, 0.15) is 22.5 Å². The van der Waals surface area contributed by atoms with E-state index in [2.05, 4.69) is 44.1 Å². The van der Waals surface area contributed by atoms with E-state index in [1.165, 1.54) is 56.3 Å². The molecule has 0 saturated heterocycles. The summed E-state index contributed by atoms with van der Waals surface area (Å²) in [6, 6.07) is 10.3. The summed E-state index contributed by atoms with van der Waals surface area (Å²) in [5, 5.41) is 20.1. The molecule has 1 heterocycles. The van der Waals surface area contributed by atoms with Crippen molar-refractivity contribution in [3.63, 3.8) is 0 Å². The average molecular weight is 454 g/mol. The molecular weight excluding hydrogens is 414 g/mol. The molecule has 0 aliphatic carbocycles. The monoisotopic (exact) mass is 453 g/mol. The summed E-state index contributed by atoms with van der Waals surface area (Å²) in [5.41, 5.74) is 4.50. The molecular formula is C27H39N3OS. The number of unbranched alkanes of at least 4 members (excludes halogenated alkanes) is 8. The van der Waals surface area contributed by atoms with E-state index in [1.807, 2.05) is 23.9 Å². The second-order valence-corrected chi connectivity index (χ2v) is 10.0. The molecule has 0 atom stereocenters. The molecule has 0 aliphatic heterocycles. The van der Waals surface area contributed by atoms with E-state index < -0.39 is 0 Å². The van der Waals surface area contributed by atoms with Crippen LogP contribution in [0.3, 0.4) is 0 Å². The van der Waals surface area contributed by atoms with E-state index in [1.54, 1.807) is 4.80 Å². The van der Waals surface area contributed by atoms with E-state index in [9.17, 15) is 5.11 Å². The quantitative estimate of drug-likeness (QED) is 0.198. The molecule has 1 N–H and O–H groups in total. The van der Waals surface area contributed by atoms with Crippen LogP contribution in [-0.4, -0.2) is 25.9 Å². The number of rotatable bonds is 14. The van der Waals surface area contributed by atoms with Gasteiger partial charge in [-0.3, -0.25) is 0 Å². The number of aryl methyl sites for hydroxylation is 2. The molecule has 4 nitrogen and oxygen atoms in total. The molecule has 0 aliphatic rings. The topological polar surface area (TPSA) is 50.9 Å². The van der Waals surface area contributed by atoms with E-state index in [0.29, 0.717) is 11.4 Å². The van der Waals surface area contributed by atoms with Crippen molar-refractivity contribution in [2.24, 2.45) is 0 Å². The molecule has 0 amide bonds. The molecule has 2 aromatic carbocycles. The molecule has 0 unspecified atom stereocenters. The van der Waals surface area contributed by atoms with E-state index >= 15 is 0 Å². The van der Waals surface area contributed by atoms with Gasteiger partial charge in [-0.25, -0.2) is 0 Å². The van der Waals surface area contributed by atoms with Gasteiger partial charge >= 0.3 is 0 Å². The van der Waals surface area contributed by atoms with Crippen molar-refractivity contribution < 1.29 is 5.11 Å². The Bertz CT molecular complexity index is 982. The Morgan fingerprint density at radius 3 is 2.25 bits per heavy atom. The highest BCUT2D eigenvalue weighted by Crippen LogP contribution is 2.30. The Labute approximate surface area is 197 Å². The third-order valence-corrected chi connectivity index (χ3v) is 7.03. The molecule has 0 radical (unpaired) electrons. The van der Waals surface area contributed by atoms with Crippen molar-refractivity contribution >= 4 is 22.8 Å². The third-order valence-electron chi connectivity index (χ3n) is 5.95. The molecule has 174 valence electrons. The molecule has 3 rings (SSSR count). The lowest BCUT2D eigenvalue weighted by molar-refractivity contribution is 0.459. The number of aromatic nitrogens is 3. The minimum absolute atomic E-state index is 0.300. The molecule has 3 aromatic rings. The van der Waals surface area contributed by atoms with Gasteiger partial charge in [-0.2, -0.15) is 0 Å². The smallest absolute Gasteiger partial charge is 0.146 e. The SMILES string of the molecule is CCCCCCCCCCSc1ccc2nn(-c3cc(C)cc(CCCC)c3O)nc2c1. The van der Waals surface area contributed by atoms with Crippen LogP contribution in [0.4, 0.5) is 0 Å². The standard InChI is InChI=1S/C27H39N3OS/c1-4-6-8-9-10-11-12-13-17-32-23-15-16-24-25(20-23)29-30(28-24)26-19-21(3)18-22(27(26)31)14-7-5-2/h15-16,18-20,31H,4-14,17H2,1-3H3. The number of nitrogens with zero attached hydrogens (tertiary/aromatic N) is 3. The highest BCUT2D eigenvalue weighted by molar-refractivity contribution is 7.99. The summed E-state index contributed by atoms with van der Waals surface area (Å²) in [4.78, 5) is 2.83. The fraction of sp³-hybridized carbons (Fsp3) is 0.556. The van der Waals surface area contributed by atoms with E-state index in [4.69, 9.17) is 5.10 Å². The first kappa shape index (κ1) is 24.6. The Balaban J connectivity index is 1.59. The van der Waals surface area contributed by atoms with Gasteiger partial charge in [-0.15, -0.1) is 26.8 Å². The molecule has 32 heavy (non-hydrogen) atoms. The van der Waals surface area contributed by atoms with Gasteiger partial charge in [0, 0.05) is 4.90 Å². The van der Waals surface area contributed by atoms with Crippen molar-refractivity contribution in [1.29, 1.82) is 0 Å². The molecule has 1 aromatic heterocycles. The lowest BCUT2D eigenvalue weighted by atomic mass is 10.0. The zero-order valence-corrected chi connectivity index (χ0v) is 20.9. The maximum atomic E-state index is 10.8. The van der Waals surface area contributed by atoms with Crippen molar-refractivity contribution in [3.8, 4) is 11.4 Å². The minimum atomic E-state index is 0.300. The van der Waals surface area contributed by atoms with Gasteiger partial charge in [-0.05, 0) is 67.3 Å². The van der Waals surface area contributed by atoms with Gasteiger partial charge < -0.3 is 5.11 Å². The Morgan fingerprint density at radius 1 is 0.812 bits per heavy atom. The fourth-order valence-electron chi connectivity index (χ4n) is 4.06. The average Bonchev–Trinajstić information content (AvgIpc) is 3.21. The first-order valence-electron chi connectivity index (χ1n) is 12.4. The van der Waals surface area contributed by atoms with Crippen LogP contribution in [0.25, 0.3) is 16.7 Å². The van der Waals surface area contributed by atoms with Crippen LogP contribution >= 0.6 is 11.8 Å². The van der Waals surface area contributed by atoms with Crippen LogP contribution in [0, 0.1) is 6.92 Å². The number of aromatic hydroxyl groups is 1. The van der Waals surface area contributed by atoms with Gasteiger partial charge in [-0.1, -0.05) is 71.3 Å². The normalized spacial score (nSPS) is 11.5. The fourth-order valence-corrected chi connectivity index (χ4v) is 5.00. The summed E-state index contributed by atoms with van der Waals surface area (Å²) in [6.45, 7) is 6.49. The maximum absolute atomic E-state index is 10.8. The van der Waals surface area contributed by atoms with E-state index in [0.717, 1.165) is 47.2 Å². The second-order valence-electron chi connectivity index (χ2n) is 8.86. The number of phenols is 1. The first-order valence-corrected chi connectivity index (χ1v) is 13.4. The highest BCUT2D eigenvalue weighted by atomic mass is 32.2. The summed E-state index contributed by atoms with van der Waals surface area (Å²) < 4.78 is 0. The van der Waals surface area contributed by atoms with Crippen LogP contribution in [-0.2, 0) is 6.42 Å². The highest BCUT2D eigenvalue weighted by Gasteiger charge is 2.14. The number of hydrogen-bond donors (Lipinski definition) is 1. The Hall–Kier alpha value is -2.01. The number of thioether (sulfide) groups is 1. The molecule has 0 bridgehead atoms. The largest absolute Gasteiger partial charge is 0.505 e. The summed E-state index contributed by atoms with van der Waals surface area (Å²) >= 11 is 1.90. The van der Waals surface area contributed by atoms with Crippen LogP contribution in [0.5, 0.6) is 5.75 Å². The minimum Gasteiger partial charge on any atom is -0.505 e. The summed E-state index contributed by atoms with van der Waals surface area (Å²) in [7, 11) is 0. The lowest BCUT2D eigenvalue weighted by Crippen LogP contribution is -2.02. The lowest BCUT2D eigenvalue weighted by Gasteiger charge is -2.10. The zero-order chi connectivity index (χ0) is 22.8. The predicted molar refractivity (Wildman–Crippen MR) is 137 cm³/mol. The first-order chi connectivity index (χ1) is 15.6. The summed E-state index contributed by atoms with van der Waals surface area (Å²) in [5.74, 6) is 1.45. The molecule has 0 spiro atoms. The number of phenolic OH excluding ortho intramolecular Hbond substituents is 1. The number of fused-ring (bicyclic) bond motifs is 1. The van der Waals surface area contributed by atoms with Crippen LogP contribution in [0.1, 0.15) is 89.2 Å². The number of hydrogen-bond acceptors (Lipinski definition) is 4. The number of benzene rings is 2. The third kappa shape index (κ3) is 6.99. The molecule has 0 saturated carbocycles. The Morgan fingerprint density at radius 2 is 1.50 bits per heavy atom. The van der Waals surface area contributed by atoms with E-state index in [-0.39, 0.29) is 0 Å². The van der Waals surface area contributed by atoms with Crippen LogP contribution in [0.15, 0.2) is 35.2 Å². The van der Waals surface area contributed by atoms with Gasteiger partial charge in [0.15, 0.2) is 0 Å². The second kappa shape index (κ2) is 12.9. The van der Waals surface area contributed by atoms with Crippen molar-refractivity contribution in [2.75, 3.05) is 5.75 Å². The van der Waals surface area contributed by atoms with Gasteiger partial charge in [0.2, 0.25) is 0 Å². The molecule has 0 fully saturated rings. The summed E-state index contributed by atoms with van der Waals surface area (Å²) in [6.07, 6.45) is 13.9. The van der Waals surface area contributed by atoms with Crippen LogP contribution in [0.2, 0.25) is 0 Å². The molecule has 5 heteroatoms. The van der Waals surface area contributed by atoms with Gasteiger partial charge in [0.05, 0.1) is 0 Å². The maximum Gasteiger partial charge on any atom is 0.146 e. The Kier molecular flexibility index (Phi) is 9.91. The zero-order valence-electron chi connectivity index (χ0n) is 20.1. The predicted octanol–water partition coefficient (Wildman–Crippen LogP) is 8.01. The van der Waals surface area contributed by atoms with Crippen molar-refractivity contribution in [3.05, 3.63) is 41.5 Å². The van der Waals surface area contributed by atoms with Crippen LogP contribution < -0.4 is 0 Å².